The maximum atomic E-state index is 11.7. The normalized spacial score (nSPS) is 11.1. The number of aromatic nitrogens is 3. The highest BCUT2D eigenvalue weighted by Gasteiger charge is 2.10. The molecule has 0 aromatic carbocycles. The second-order valence-corrected chi connectivity index (χ2v) is 4.57. The molecule has 1 heterocycles. The van der Waals surface area contributed by atoms with Gasteiger partial charge in [0.1, 0.15) is 17.9 Å². The van der Waals surface area contributed by atoms with E-state index in [0.717, 1.165) is 25.5 Å². The number of carbonyl (C=O) groups is 1. The molecule has 0 saturated carbocycles. The Morgan fingerprint density at radius 1 is 1.53 bits per heavy atom. The van der Waals surface area contributed by atoms with Crippen molar-refractivity contribution in [3.8, 4) is 0 Å². The van der Waals surface area contributed by atoms with Crippen molar-refractivity contribution in [3.05, 3.63) is 12.2 Å². The van der Waals surface area contributed by atoms with Gasteiger partial charge < -0.3 is 5.32 Å². The van der Waals surface area contributed by atoms with Gasteiger partial charge in [-0.3, -0.25) is 4.79 Å². The zero-order chi connectivity index (χ0) is 12.7. The molecule has 1 aromatic rings. The largest absolute Gasteiger partial charge is 0.317 e. The van der Waals surface area contributed by atoms with E-state index in [1.807, 2.05) is 11.6 Å². The first-order valence-corrected chi connectivity index (χ1v) is 6.22. The Morgan fingerprint density at radius 2 is 2.29 bits per heavy atom. The van der Waals surface area contributed by atoms with Crippen molar-refractivity contribution in [1.29, 1.82) is 0 Å². The second-order valence-electron chi connectivity index (χ2n) is 4.57. The molecule has 1 rings (SSSR count). The molecule has 1 aromatic heterocycles. The smallest absolute Gasteiger partial charge is 0.141 e. The van der Waals surface area contributed by atoms with Crippen LogP contribution in [0.15, 0.2) is 6.33 Å². The Bertz CT molecular complexity index is 346. The molecule has 0 atom stereocenters. The van der Waals surface area contributed by atoms with Gasteiger partial charge in [0.15, 0.2) is 0 Å². The molecular formula is C12H22N4O. The maximum Gasteiger partial charge on any atom is 0.141 e. The third kappa shape index (κ3) is 5.08. The van der Waals surface area contributed by atoms with E-state index in [0.29, 0.717) is 18.8 Å². The highest BCUT2D eigenvalue weighted by Crippen LogP contribution is 2.03. The number of Topliss-reactive ketones (excluding diaryl/α,β-unsaturated/α-hetero) is 1. The zero-order valence-corrected chi connectivity index (χ0v) is 10.9. The molecule has 0 bridgehead atoms. The van der Waals surface area contributed by atoms with Gasteiger partial charge in [-0.25, -0.2) is 9.67 Å². The van der Waals surface area contributed by atoms with Gasteiger partial charge in [-0.15, -0.1) is 0 Å². The van der Waals surface area contributed by atoms with Crippen LogP contribution in [-0.4, -0.2) is 33.6 Å². The average Bonchev–Trinajstić information content (AvgIpc) is 2.65. The van der Waals surface area contributed by atoms with Crippen molar-refractivity contribution in [1.82, 2.24) is 20.1 Å². The summed E-state index contributed by atoms with van der Waals surface area (Å²) in [4.78, 5) is 15.9. The van der Waals surface area contributed by atoms with Crippen molar-refractivity contribution in [2.24, 2.45) is 5.92 Å². The third-order valence-corrected chi connectivity index (χ3v) is 2.42. The molecule has 0 aliphatic rings. The topological polar surface area (TPSA) is 59.8 Å². The number of hydrogen-bond acceptors (Lipinski definition) is 4. The van der Waals surface area contributed by atoms with Crippen molar-refractivity contribution in [3.63, 3.8) is 0 Å². The number of nitrogens with zero attached hydrogens (tertiary/aromatic N) is 3. The van der Waals surface area contributed by atoms with Crippen LogP contribution in [0.5, 0.6) is 0 Å². The van der Waals surface area contributed by atoms with Gasteiger partial charge in [-0.2, -0.15) is 5.10 Å². The highest BCUT2D eigenvalue weighted by atomic mass is 16.1. The molecule has 0 saturated heterocycles. The lowest BCUT2D eigenvalue weighted by Crippen LogP contribution is -2.20. The van der Waals surface area contributed by atoms with Crippen LogP contribution in [0.1, 0.15) is 33.0 Å². The molecule has 0 aliphatic carbocycles. The van der Waals surface area contributed by atoms with Crippen LogP contribution in [0.25, 0.3) is 0 Å². The zero-order valence-electron chi connectivity index (χ0n) is 10.9. The highest BCUT2D eigenvalue weighted by molar-refractivity contribution is 5.80. The van der Waals surface area contributed by atoms with E-state index < -0.39 is 0 Å². The van der Waals surface area contributed by atoms with Gasteiger partial charge in [0.2, 0.25) is 0 Å². The van der Waals surface area contributed by atoms with Crippen molar-refractivity contribution in [2.75, 3.05) is 13.1 Å². The van der Waals surface area contributed by atoms with E-state index in [9.17, 15) is 4.79 Å². The molecule has 96 valence electrons. The Morgan fingerprint density at radius 3 is 2.94 bits per heavy atom. The number of hydrogen-bond donors (Lipinski definition) is 1. The van der Waals surface area contributed by atoms with E-state index in [4.69, 9.17) is 0 Å². The van der Waals surface area contributed by atoms with E-state index in [-0.39, 0.29) is 5.78 Å². The van der Waals surface area contributed by atoms with Gasteiger partial charge in [0.05, 0.1) is 6.42 Å². The number of ketones is 1. The van der Waals surface area contributed by atoms with Crippen LogP contribution < -0.4 is 5.32 Å². The molecule has 0 aliphatic heterocycles. The minimum absolute atomic E-state index is 0.212. The Kier molecular flexibility index (Phi) is 5.83. The minimum Gasteiger partial charge on any atom is -0.317 e. The molecule has 0 amide bonds. The van der Waals surface area contributed by atoms with E-state index >= 15 is 0 Å². The van der Waals surface area contributed by atoms with Crippen molar-refractivity contribution < 1.29 is 4.79 Å². The first-order chi connectivity index (χ1) is 8.13. The summed E-state index contributed by atoms with van der Waals surface area (Å²) in [6.07, 6.45) is 2.47. The first kappa shape index (κ1) is 13.8. The first-order valence-electron chi connectivity index (χ1n) is 6.22. The average molecular weight is 238 g/mol. The minimum atomic E-state index is 0.212. The molecule has 0 spiro atoms. The summed E-state index contributed by atoms with van der Waals surface area (Å²) in [6, 6.07) is 0. The summed E-state index contributed by atoms with van der Waals surface area (Å²) >= 11 is 0. The van der Waals surface area contributed by atoms with E-state index in [1.54, 1.807) is 0 Å². The molecule has 17 heavy (non-hydrogen) atoms. The standard InChI is InChI=1S/C12H22N4O/c1-4-13-6-5-11(17)7-12-14-9-15-16(12)8-10(2)3/h9-10,13H,4-8H2,1-3H3. The van der Waals surface area contributed by atoms with Crippen LogP contribution in [0.3, 0.4) is 0 Å². The van der Waals surface area contributed by atoms with Crippen LogP contribution in [-0.2, 0) is 17.8 Å². The van der Waals surface area contributed by atoms with Crippen molar-refractivity contribution in [2.45, 2.75) is 40.2 Å². The van der Waals surface area contributed by atoms with Crippen LogP contribution in [0, 0.1) is 5.92 Å². The van der Waals surface area contributed by atoms with E-state index in [1.165, 1.54) is 6.33 Å². The van der Waals surface area contributed by atoms with Crippen LogP contribution >= 0.6 is 0 Å². The van der Waals surface area contributed by atoms with Gasteiger partial charge in [0.25, 0.3) is 0 Å². The third-order valence-electron chi connectivity index (χ3n) is 2.42. The monoisotopic (exact) mass is 238 g/mol. The summed E-state index contributed by atoms with van der Waals surface area (Å²) < 4.78 is 1.83. The predicted octanol–water partition coefficient (Wildman–Crippen LogP) is 1.05. The van der Waals surface area contributed by atoms with E-state index in [2.05, 4.69) is 29.2 Å². The fourth-order valence-electron chi connectivity index (χ4n) is 1.59. The van der Waals surface area contributed by atoms with Gasteiger partial charge in [-0.1, -0.05) is 20.8 Å². The van der Waals surface area contributed by atoms with Crippen molar-refractivity contribution >= 4 is 5.78 Å². The van der Waals surface area contributed by atoms with Crippen LogP contribution in [0.4, 0.5) is 0 Å². The maximum absolute atomic E-state index is 11.7. The second kappa shape index (κ2) is 7.17. The summed E-state index contributed by atoms with van der Waals surface area (Å²) in [7, 11) is 0. The van der Waals surface area contributed by atoms with Crippen LogP contribution in [0.2, 0.25) is 0 Å². The van der Waals surface area contributed by atoms with Gasteiger partial charge >= 0.3 is 0 Å². The molecular weight excluding hydrogens is 216 g/mol. The lowest BCUT2D eigenvalue weighted by Gasteiger charge is -2.08. The number of rotatable bonds is 8. The summed E-state index contributed by atoms with van der Waals surface area (Å²) in [5, 5.41) is 7.29. The summed E-state index contributed by atoms with van der Waals surface area (Å²) in [5.74, 6) is 1.50. The fraction of sp³-hybridized carbons (Fsp3) is 0.750. The molecule has 5 heteroatoms. The summed E-state index contributed by atoms with van der Waals surface area (Å²) in [5.41, 5.74) is 0. The van der Waals surface area contributed by atoms with Gasteiger partial charge in [0, 0.05) is 19.5 Å². The molecule has 0 radical (unpaired) electrons. The molecule has 5 nitrogen and oxygen atoms in total. The Balaban J connectivity index is 2.44. The number of nitrogens with one attached hydrogen (secondary N) is 1. The summed E-state index contributed by atoms with van der Waals surface area (Å²) in [6.45, 7) is 8.74. The molecule has 0 fully saturated rings. The number of carbonyl (C=O) groups excluding carboxylic acids is 1. The lowest BCUT2D eigenvalue weighted by atomic mass is 10.2. The Hall–Kier alpha value is -1.23. The fourth-order valence-corrected chi connectivity index (χ4v) is 1.59. The molecule has 0 unspecified atom stereocenters. The van der Waals surface area contributed by atoms with Gasteiger partial charge in [-0.05, 0) is 12.5 Å². The quantitative estimate of drug-likeness (QED) is 0.688. The lowest BCUT2D eigenvalue weighted by molar-refractivity contribution is -0.118. The predicted molar refractivity (Wildman–Crippen MR) is 66.7 cm³/mol. The molecule has 1 N–H and O–H groups in total. The Labute approximate surface area is 103 Å². The SMILES string of the molecule is CCNCCC(=O)Cc1ncnn1CC(C)C.